The highest BCUT2D eigenvalue weighted by molar-refractivity contribution is 5.94. The molecule has 0 spiro atoms. The third-order valence-electron chi connectivity index (χ3n) is 5.98. The highest BCUT2D eigenvalue weighted by Gasteiger charge is 2.44. The van der Waals surface area contributed by atoms with Gasteiger partial charge in [0.2, 0.25) is 5.91 Å². The van der Waals surface area contributed by atoms with Gasteiger partial charge in [0.05, 0.1) is 12.1 Å². The van der Waals surface area contributed by atoms with Crippen LogP contribution in [-0.2, 0) is 4.79 Å². The Balaban J connectivity index is 1.47. The van der Waals surface area contributed by atoms with Crippen molar-refractivity contribution < 1.29 is 4.79 Å². The van der Waals surface area contributed by atoms with Crippen LogP contribution in [0.2, 0.25) is 0 Å². The maximum atomic E-state index is 13.0. The summed E-state index contributed by atoms with van der Waals surface area (Å²) in [5, 5.41) is 8.91. The lowest BCUT2D eigenvalue weighted by atomic mass is 9.99. The molecule has 3 N–H and O–H groups in total. The first-order chi connectivity index (χ1) is 13.9. The molecule has 0 aromatic heterocycles. The molecule has 0 radical (unpaired) electrons. The number of carbonyl (C=O) groups is 1. The predicted molar refractivity (Wildman–Crippen MR) is 119 cm³/mol. The van der Waals surface area contributed by atoms with Gasteiger partial charge in [0.25, 0.3) is 0 Å². The maximum absolute atomic E-state index is 13.0. The van der Waals surface area contributed by atoms with E-state index in [1.54, 1.807) is 0 Å². The van der Waals surface area contributed by atoms with Crippen molar-refractivity contribution in [3.8, 4) is 11.1 Å². The first-order valence-electron chi connectivity index (χ1n) is 10.4. The number of hydrazine groups is 1. The van der Waals surface area contributed by atoms with Crippen LogP contribution in [0.5, 0.6) is 0 Å². The first kappa shape index (κ1) is 19.9. The van der Waals surface area contributed by atoms with Crippen molar-refractivity contribution in [2.45, 2.75) is 38.5 Å². The van der Waals surface area contributed by atoms with E-state index in [0.29, 0.717) is 18.6 Å². The third-order valence-corrected chi connectivity index (χ3v) is 5.98. The summed E-state index contributed by atoms with van der Waals surface area (Å²) in [6, 6.07) is 17.3. The molecule has 0 aliphatic carbocycles. The largest absolute Gasteiger partial charge is 0.378 e. The number of nitrogens with one attached hydrogen (secondary N) is 3. The van der Waals surface area contributed by atoms with Gasteiger partial charge >= 0.3 is 0 Å². The van der Waals surface area contributed by atoms with Crippen LogP contribution in [0.4, 0.5) is 11.4 Å². The van der Waals surface area contributed by atoms with Gasteiger partial charge in [-0.3, -0.25) is 15.5 Å². The minimum atomic E-state index is -0.122. The molecule has 154 valence electrons. The van der Waals surface area contributed by atoms with Crippen LogP contribution >= 0.6 is 0 Å². The summed E-state index contributed by atoms with van der Waals surface area (Å²) in [5.41, 5.74) is 7.63. The fourth-order valence-corrected chi connectivity index (χ4v) is 4.42. The smallest absolute Gasteiger partial charge is 0.231 e. The third kappa shape index (κ3) is 4.15. The molecule has 2 aliphatic rings. The summed E-state index contributed by atoms with van der Waals surface area (Å²) in [5.74, 6) is -0.0675. The van der Waals surface area contributed by atoms with E-state index in [-0.39, 0.29) is 18.0 Å². The Kier molecular flexibility index (Phi) is 5.58. The fraction of sp³-hybridized carbons (Fsp3) is 0.435. The number of benzene rings is 2. The predicted octanol–water partition coefficient (Wildman–Crippen LogP) is 2.89. The number of hydrogen-bond acceptors (Lipinski definition) is 5. The molecule has 2 aromatic carbocycles. The lowest BCUT2D eigenvalue weighted by molar-refractivity contribution is -0.121. The molecule has 0 bridgehead atoms. The Hall–Kier alpha value is -2.41. The standard InChI is InChI=1S/C23H31N5O/c1-15-12-16(2)28-22(25-15)21(14-24-28)23(29)26-19-7-5-6-18(13-19)17-8-10-20(11-9-17)27(3)4/h5-11,13,15-16,21-22,24-25H,12,14H2,1-4H3,(H,26,29). The average Bonchev–Trinajstić information content (AvgIpc) is 3.12. The van der Waals surface area contributed by atoms with Crippen LogP contribution in [0.3, 0.4) is 0 Å². The van der Waals surface area contributed by atoms with Gasteiger partial charge in [0, 0.05) is 44.1 Å². The Morgan fingerprint density at radius 1 is 1.10 bits per heavy atom. The number of anilines is 2. The Bertz CT molecular complexity index is 866. The highest BCUT2D eigenvalue weighted by atomic mass is 16.2. The van der Waals surface area contributed by atoms with Gasteiger partial charge in [-0.2, -0.15) is 0 Å². The van der Waals surface area contributed by atoms with Gasteiger partial charge in [0.1, 0.15) is 0 Å². The van der Waals surface area contributed by atoms with Gasteiger partial charge in [-0.05, 0) is 55.7 Å². The highest BCUT2D eigenvalue weighted by Crippen LogP contribution is 2.27. The molecule has 4 rings (SSSR count). The number of rotatable bonds is 4. The molecule has 2 aromatic rings. The quantitative estimate of drug-likeness (QED) is 0.746. The summed E-state index contributed by atoms with van der Waals surface area (Å²) in [4.78, 5) is 15.1. The zero-order chi connectivity index (χ0) is 20.5. The fourth-order valence-electron chi connectivity index (χ4n) is 4.42. The van der Waals surface area contributed by atoms with Gasteiger partial charge in [-0.15, -0.1) is 0 Å². The molecule has 6 heteroatoms. The van der Waals surface area contributed by atoms with Gasteiger partial charge in [-0.1, -0.05) is 24.3 Å². The zero-order valence-electron chi connectivity index (χ0n) is 17.6. The maximum Gasteiger partial charge on any atom is 0.231 e. The molecule has 4 atom stereocenters. The van der Waals surface area contributed by atoms with Crippen molar-refractivity contribution in [3.05, 3.63) is 48.5 Å². The average molecular weight is 394 g/mol. The molecule has 2 aliphatic heterocycles. The van der Waals surface area contributed by atoms with Crippen molar-refractivity contribution in [3.63, 3.8) is 0 Å². The van der Waals surface area contributed by atoms with E-state index in [0.717, 1.165) is 23.2 Å². The van der Waals surface area contributed by atoms with Crippen molar-refractivity contribution in [2.75, 3.05) is 30.9 Å². The number of amides is 1. The Labute approximate surface area is 173 Å². The molecule has 2 heterocycles. The molecule has 2 fully saturated rings. The number of carbonyl (C=O) groups excluding carboxylic acids is 1. The number of hydrogen-bond donors (Lipinski definition) is 3. The minimum Gasteiger partial charge on any atom is -0.378 e. The minimum absolute atomic E-state index is 0.0375. The molecular formula is C23H31N5O. The van der Waals surface area contributed by atoms with E-state index in [9.17, 15) is 4.79 Å². The molecular weight excluding hydrogens is 362 g/mol. The summed E-state index contributed by atoms with van der Waals surface area (Å²) in [6.07, 6.45) is 1.11. The molecule has 0 saturated carbocycles. The zero-order valence-corrected chi connectivity index (χ0v) is 17.6. The van der Waals surface area contributed by atoms with Crippen molar-refractivity contribution in [1.82, 2.24) is 15.8 Å². The summed E-state index contributed by atoms with van der Waals surface area (Å²) in [7, 11) is 4.07. The Morgan fingerprint density at radius 2 is 1.86 bits per heavy atom. The van der Waals surface area contributed by atoms with E-state index in [2.05, 4.69) is 70.1 Å². The molecule has 4 unspecified atom stereocenters. The lowest BCUT2D eigenvalue weighted by Gasteiger charge is -2.40. The van der Waals surface area contributed by atoms with Crippen LogP contribution in [0, 0.1) is 5.92 Å². The van der Waals surface area contributed by atoms with Crippen molar-refractivity contribution in [2.24, 2.45) is 5.92 Å². The molecule has 1 amide bonds. The molecule has 6 nitrogen and oxygen atoms in total. The second-order valence-corrected chi connectivity index (χ2v) is 8.48. The van der Waals surface area contributed by atoms with E-state index in [1.165, 1.54) is 5.69 Å². The van der Waals surface area contributed by atoms with Crippen LogP contribution in [-0.4, -0.2) is 49.8 Å². The normalized spacial score (nSPS) is 26.8. The topological polar surface area (TPSA) is 59.6 Å². The van der Waals surface area contributed by atoms with Crippen molar-refractivity contribution in [1.29, 1.82) is 0 Å². The summed E-state index contributed by atoms with van der Waals surface area (Å²) >= 11 is 0. The summed E-state index contributed by atoms with van der Waals surface area (Å²) in [6.45, 7) is 5.06. The van der Waals surface area contributed by atoms with Crippen LogP contribution in [0.25, 0.3) is 11.1 Å². The monoisotopic (exact) mass is 393 g/mol. The first-order valence-corrected chi connectivity index (χ1v) is 10.4. The van der Waals surface area contributed by atoms with Gasteiger partial charge < -0.3 is 10.2 Å². The lowest BCUT2D eigenvalue weighted by Crippen LogP contribution is -2.60. The van der Waals surface area contributed by atoms with Gasteiger partial charge in [0.15, 0.2) is 0 Å². The second kappa shape index (κ2) is 8.14. The molecule has 29 heavy (non-hydrogen) atoms. The van der Waals surface area contributed by atoms with E-state index in [1.807, 2.05) is 32.3 Å². The SMILES string of the molecule is CC1CC(C)N2NCC(C(=O)Nc3cccc(-c4ccc(N(C)C)cc4)c3)C2N1. The van der Waals surface area contributed by atoms with E-state index < -0.39 is 0 Å². The van der Waals surface area contributed by atoms with Crippen molar-refractivity contribution >= 4 is 17.3 Å². The summed E-state index contributed by atoms with van der Waals surface area (Å²) < 4.78 is 0. The number of nitrogens with zero attached hydrogens (tertiary/aromatic N) is 2. The van der Waals surface area contributed by atoms with Crippen LogP contribution in [0.15, 0.2) is 48.5 Å². The molecule has 2 saturated heterocycles. The van der Waals surface area contributed by atoms with E-state index in [4.69, 9.17) is 0 Å². The second-order valence-electron chi connectivity index (χ2n) is 8.48. The number of fused-ring (bicyclic) bond motifs is 1. The Morgan fingerprint density at radius 3 is 2.59 bits per heavy atom. The van der Waals surface area contributed by atoms with Crippen LogP contribution < -0.4 is 21.0 Å². The van der Waals surface area contributed by atoms with Crippen LogP contribution in [0.1, 0.15) is 20.3 Å². The van der Waals surface area contributed by atoms with Gasteiger partial charge in [-0.25, -0.2) is 5.01 Å². The van der Waals surface area contributed by atoms with E-state index >= 15 is 0 Å².